The van der Waals surface area contributed by atoms with E-state index in [-0.39, 0.29) is 5.91 Å². The molecule has 4 rings (SSSR count). The minimum absolute atomic E-state index is 0.110. The van der Waals surface area contributed by atoms with Crippen LogP contribution in [0.25, 0.3) is 23.0 Å². The Labute approximate surface area is 187 Å². The first-order valence-corrected chi connectivity index (χ1v) is 10.3. The predicted molar refractivity (Wildman–Crippen MR) is 126 cm³/mol. The Bertz CT molecular complexity index is 1270. The molecule has 1 amide bonds. The Hall–Kier alpha value is -4.43. The molecule has 0 aliphatic rings. The molecule has 0 bridgehead atoms. The number of hydrogen-bond donors (Lipinski definition) is 0. The fraction of sp³-hybridized carbons (Fsp3) is 0.0741. The Morgan fingerprint density at radius 3 is 2.31 bits per heavy atom. The summed E-state index contributed by atoms with van der Waals surface area (Å²) in [7, 11) is 1.78. The van der Waals surface area contributed by atoms with Gasteiger partial charge in [-0.15, -0.1) is 0 Å². The lowest BCUT2D eigenvalue weighted by atomic mass is 10.1. The molecule has 0 radical (unpaired) electrons. The molecule has 1 aromatic heterocycles. The second-order valence-corrected chi connectivity index (χ2v) is 7.41. The number of carbonyl (C=O) groups is 1. The lowest BCUT2D eigenvalue weighted by Crippen LogP contribution is -2.24. The largest absolute Gasteiger partial charge is 0.338 e. The smallest absolute Gasteiger partial charge is 0.246 e. The molecule has 0 unspecified atom stereocenters. The summed E-state index contributed by atoms with van der Waals surface area (Å²) in [4.78, 5) is 14.4. The summed E-state index contributed by atoms with van der Waals surface area (Å²) in [5.41, 5.74) is 5.24. The number of carbonyl (C=O) groups excluding carboxylic acids is 1. The van der Waals surface area contributed by atoms with Gasteiger partial charge in [0.1, 0.15) is 0 Å². The van der Waals surface area contributed by atoms with E-state index in [0.29, 0.717) is 12.1 Å². The average molecular weight is 419 g/mol. The molecular formula is C27H22N4O. The quantitative estimate of drug-likeness (QED) is 0.410. The number of nitrogens with zero attached hydrogens (tertiary/aromatic N) is 4. The van der Waals surface area contributed by atoms with Crippen molar-refractivity contribution >= 4 is 12.0 Å². The van der Waals surface area contributed by atoms with E-state index in [4.69, 9.17) is 10.4 Å². The zero-order valence-electron chi connectivity index (χ0n) is 17.7. The van der Waals surface area contributed by atoms with E-state index in [1.54, 1.807) is 36.2 Å². The Morgan fingerprint density at radius 2 is 1.66 bits per heavy atom. The van der Waals surface area contributed by atoms with E-state index >= 15 is 0 Å². The van der Waals surface area contributed by atoms with Crippen molar-refractivity contribution in [1.29, 1.82) is 5.26 Å². The van der Waals surface area contributed by atoms with Crippen LogP contribution < -0.4 is 0 Å². The number of rotatable bonds is 6. The van der Waals surface area contributed by atoms with Crippen LogP contribution in [-0.2, 0) is 11.3 Å². The van der Waals surface area contributed by atoms with Gasteiger partial charge >= 0.3 is 0 Å². The van der Waals surface area contributed by atoms with Gasteiger partial charge in [0, 0.05) is 37.0 Å². The van der Waals surface area contributed by atoms with Crippen LogP contribution >= 0.6 is 0 Å². The van der Waals surface area contributed by atoms with E-state index in [9.17, 15) is 4.79 Å². The van der Waals surface area contributed by atoms with Crippen molar-refractivity contribution in [3.8, 4) is 23.0 Å². The number of nitriles is 1. The van der Waals surface area contributed by atoms with Crippen LogP contribution in [0.4, 0.5) is 0 Å². The summed E-state index contributed by atoms with van der Waals surface area (Å²) in [5.74, 6) is -0.110. The Balaban J connectivity index is 1.56. The van der Waals surface area contributed by atoms with Crippen LogP contribution in [0.2, 0.25) is 0 Å². The van der Waals surface area contributed by atoms with E-state index in [0.717, 1.165) is 28.1 Å². The first-order valence-electron chi connectivity index (χ1n) is 10.3. The highest BCUT2D eigenvalue weighted by molar-refractivity contribution is 5.91. The van der Waals surface area contributed by atoms with Crippen LogP contribution in [0.1, 0.15) is 16.7 Å². The molecular weight excluding hydrogens is 396 g/mol. The molecule has 5 nitrogen and oxygen atoms in total. The first kappa shape index (κ1) is 20.8. The fourth-order valence-corrected chi connectivity index (χ4v) is 3.37. The molecule has 0 fully saturated rings. The standard InChI is InChI=1S/C27H22N4O/c1-30(26(32)17-16-21-12-14-22(18-28)15-13-21)19-24-20-31(25-10-6-3-7-11-25)29-27(24)23-8-4-2-5-9-23/h2-17,20H,19H2,1H3/b17-16+. The van der Waals surface area contributed by atoms with Crippen molar-refractivity contribution in [2.75, 3.05) is 7.05 Å². The van der Waals surface area contributed by atoms with Crippen LogP contribution in [0.5, 0.6) is 0 Å². The van der Waals surface area contributed by atoms with E-state index < -0.39 is 0 Å². The van der Waals surface area contributed by atoms with Gasteiger partial charge in [-0.2, -0.15) is 10.4 Å². The zero-order chi connectivity index (χ0) is 22.3. The summed E-state index contributed by atoms with van der Waals surface area (Å²) in [6.07, 6.45) is 5.28. The maximum absolute atomic E-state index is 12.7. The number of likely N-dealkylation sites (N-methyl/N-ethyl adjacent to an activating group) is 1. The van der Waals surface area contributed by atoms with Gasteiger partial charge in [-0.3, -0.25) is 4.79 Å². The van der Waals surface area contributed by atoms with Crippen LogP contribution in [0.15, 0.2) is 97.2 Å². The van der Waals surface area contributed by atoms with Crippen LogP contribution in [-0.4, -0.2) is 27.6 Å². The summed E-state index contributed by atoms with van der Waals surface area (Å²) >= 11 is 0. The molecule has 3 aromatic carbocycles. The topological polar surface area (TPSA) is 61.9 Å². The van der Waals surface area contributed by atoms with Gasteiger partial charge in [0.05, 0.1) is 23.0 Å². The molecule has 0 N–H and O–H groups in total. The molecule has 0 saturated carbocycles. The number of aromatic nitrogens is 2. The average Bonchev–Trinajstić information content (AvgIpc) is 3.27. The molecule has 0 atom stereocenters. The molecule has 5 heteroatoms. The SMILES string of the molecule is CN(Cc1cn(-c2ccccc2)nc1-c1ccccc1)C(=O)/C=C/c1ccc(C#N)cc1. The lowest BCUT2D eigenvalue weighted by molar-refractivity contribution is -0.125. The number of para-hydroxylation sites is 1. The van der Waals surface area contributed by atoms with Crippen molar-refractivity contribution in [2.24, 2.45) is 0 Å². The molecule has 4 aromatic rings. The third-order valence-corrected chi connectivity index (χ3v) is 5.10. The van der Waals surface area contributed by atoms with Gasteiger partial charge in [-0.1, -0.05) is 60.7 Å². The number of benzene rings is 3. The van der Waals surface area contributed by atoms with Gasteiger partial charge < -0.3 is 4.90 Å². The highest BCUT2D eigenvalue weighted by Gasteiger charge is 2.15. The van der Waals surface area contributed by atoms with E-state index in [1.807, 2.05) is 83.7 Å². The van der Waals surface area contributed by atoms with E-state index in [2.05, 4.69) is 6.07 Å². The van der Waals surface area contributed by atoms with Gasteiger partial charge in [0.25, 0.3) is 0 Å². The molecule has 0 aliphatic carbocycles. The van der Waals surface area contributed by atoms with Crippen molar-refractivity contribution in [3.05, 3.63) is 114 Å². The lowest BCUT2D eigenvalue weighted by Gasteiger charge is -2.15. The number of amides is 1. The minimum Gasteiger partial charge on any atom is -0.338 e. The fourth-order valence-electron chi connectivity index (χ4n) is 3.37. The molecule has 1 heterocycles. The normalized spacial score (nSPS) is 10.8. The molecule has 156 valence electrons. The second-order valence-electron chi connectivity index (χ2n) is 7.41. The van der Waals surface area contributed by atoms with Gasteiger partial charge in [0.2, 0.25) is 5.91 Å². The second kappa shape index (κ2) is 9.59. The molecule has 0 spiro atoms. The Kier molecular flexibility index (Phi) is 6.24. The van der Waals surface area contributed by atoms with Gasteiger partial charge in [-0.25, -0.2) is 4.68 Å². The van der Waals surface area contributed by atoms with Crippen molar-refractivity contribution in [1.82, 2.24) is 14.7 Å². The third kappa shape index (κ3) is 4.82. The van der Waals surface area contributed by atoms with Crippen molar-refractivity contribution in [3.63, 3.8) is 0 Å². The minimum atomic E-state index is -0.110. The summed E-state index contributed by atoms with van der Waals surface area (Å²) in [6.45, 7) is 0.424. The predicted octanol–water partition coefficient (Wildman–Crippen LogP) is 5.08. The van der Waals surface area contributed by atoms with Crippen molar-refractivity contribution in [2.45, 2.75) is 6.54 Å². The first-order chi connectivity index (χ1) is 15.6. The maximum Gasteiger partial charge on any atom is 0.246 e. The highest BCUT2D eigenvalue weighted by atomic mass is 16.2. The van der Waals surface area contributed by atoms with Gasteiger partial charge in [0.15, 0.2) is 0 Å². The molecule has 0 aliphatic heterocycles. The third-order valence-electron chi connectivity index (χ3n) is 5.10. The number of hydrogen-bond acceptors (Lipinski definition) is 3. The summed E-state index contributed by atoms with van der Waals surface area (Å²) in [6, 6.07) is 29.1. The van der Waals surface area contributed by atoms with Crippen molar-refractivity contribution < 1.29 is 4.79 Å². The summed E-state index contributed by atoms with van der Waals surface area (Å²) < 4.78 is 1.85. The van der Waals surface area contributed by atoms with Gasteiger partial charge in [-0.05, 0) is 35.9 Å². The van der Waals surface area contributed by atoms with E-state index in [1.165, 1.54) is 0 Å². The molecule has 0 saturated heterocycles. The summed E-state index contributed by atoms with van der Waals surface area (Å²) in [5, 5.41) is 13.7. The Morgan fingerprint density at radius 1 is 1.00 bits per heavy atom. The van der Waals surface area contributed by atoms with Crippen LogP contribution in [0, 0.1) is 11.3 Å². The maximum atomic E-state index is 12.7. The highest BCUT2D eigenvalue weighted by Crippen LogP contribution is 2.24. The molecule has 32 heavy (non-hydrogen) atoms. The zero-order valence-corrected chi connectivity index (χ0v) is 17.7. The van der Waals surface area contributed by atoms with Crippen LogP contribution in [0.3, 0.4) is 0 Å². The monoisotopic (exact) mass is 418 g/mol.